The standard InChI is InChI=1S/C29H33N3O3/c1-5-20(3)27(23-13-10-14-25(28(23)30-4)32-17-22(33)18-32)24-15-16-26(31-29(24)34-6-2)35-19-21-11-8-7-9-12-21/h7-16,30H,5-6,17-19H2,1-4H3. The number of hydrogen-bond acceptors (Lipinski definition) is 6. The SMILES string of the molecule is CCOc1nc(OCc2ccccc2)ccc1C(=C(C)CC)c1cccc(N2CC(=O)C2)c1NC. The molecule has 1 aliphatic rings. The molecule has 6 nitrogen and oxygen atoms in total. The molecule has 0 aliphatic carbocycles. The minimum atomic E-state index is 0.256. The Bertz CT molecular complexity index is 1210. The summed E-state index contributed by atoms with van der Waals surface area (Å²) in [6.45, 7) is 8.08. The number of allylic oxidation sites excluding steroid dienone is 1. The first-order valence-electron chi connectivity index (χ1n) is 12.1. The third-order valence-corrected chi connectivity index (χ3v) is 6.21. The fourth-order valence-electron chi connectivity index (χ4n) is 4.28. The Hall–Kier alpha value is -3.80. The summed E-state index contributed by atoms with van der Waals surface area (Å²) in [5.41, 5.74) is 7.39. The molecule has 2 aromatic carbocycles. The van der Waals surface area contributed by atoms with Gasteiger partial charge in [0.25, 0.3) is 0 Å². The van der Waals surface area contributed by atoms with Crippen LogP contribution in [0.4, 0.5) is 11.4 Å². The van der Waals surface area contributed by atoms with E-state index in [1.165, 1.54) is 5.57 Å². The number of aromatic nitrogens is 1. The molecule has 0 amide bonds. The molecule has 6 heteroatoms. The predicted molar refractivity (Wildman–Crippen MR) is 141 cm³/mol. The maximum absolute atomic E-state index is 11.7. The van der Waals surface area contributed by atoms with Gasteiger partial charge in [0.1, 0.15) is 6.61 Å². The fraction of sp³-hybridized carbons (Fsp3) is 0.310. The Labute approximate surface area is 207 Å². The first kappa shape index (κ1) is 24.3. The second-order valence-corrected chi connectivity index (χ2v) is 8.56. The van der Waals surface area contributed by atoms with Gasteiger partial charge in [-0.1, -0.05) is 55.0 Å². The van der Waals surface area contributed by atoms with Gasteiger partial charge in [0.15, 0.2) is 5.78 Å². The number of ketones is 1. The van der Waals surface area contributed by atoms with Crippen LogP contribution in [0.15, 0.2) is 66.2 Å². The van der Waals surface area contributed by atoms with Gasteiger partial charge in [0.2, 0.25) is 11.8 Å². The topological polar surface area (TPSA) is 63.7 Å². The van der Waals surface area contributed by atoms with Crippen LogP contribution in [0.5, 0.6) is 11.8 Å². The van der Waals surface area contributed by atoms with Crippen molar-refractivity contribution >= 4 is 22.7 Å². The third-order valence-electron chi connectivity index (χ3n) is 6.21. The van der Waals surface area contributed by atoms with Gasteiger partial charge in [0.05, 0.1) is 31.1 Å². The summed E-state index contributed by atoms with van der Waals surface area (Å²) in [7, 11) is 1.92. The number of carbonyl (C=O) groups is 1. The Kier molecular flexibility index (Phi) is 7.70. The molecular weight excluding hydrogens is 438 g/mol. The number of para-hydroxylation sites is 1. The van der Waals surface area contributed by atoms with Crippen LogP contribution in [-0.2, 0) is 11.4 Å². The molecule has 0 radical (unpaired) electrons. The summed E-state index contributed by atoms with van der Waals surface area (Å²) in [4.78, 5) is 18.5. The van der Waals surface area contributed by atoms with E-state index in [0.717, 1.165) is 40.1 Å². The van der Waals surface area contributed by atoms with Crippen molar-refractivity contribution < 1.29 is 14.3 Å². The molecular formula is C29H33N3O3. The molecule has 0 bridgehead atoms. The van der Waals surface area contributed by atoms with Crippen molar-refractivity contribution in [1.82, 2.24) is 4.98 Å². The molecule has 3 aromatic rings. The first-order valence-corrected chi connectivity index (χ1v) is 12.1. The summed E-state index contributed by atoms with van der Waals surface area (Å²) < 4.78 is 12.0. The molecule has 1 saturated heterocycles. The van der Waals surface area contributed by atoms with E-state index in [0.29, 0.717) is 38.1 Å². The number of hydrogen-bond donors (Lipinski definition) is 1. The number of rotatable bonds is 10. The number of Topliss-reactive ketones (excluding diaryl/α,β-unsaturated/α-hetero) is 1. The van der Waals surface area contributed by atoms with Crippen LogP contribution >= 0.6 is 0 Å². The molecule has 0 saturated carbocycles. The zero-order chi connectivity index (χ0) is 24.8. The van der Waals surface area contributed by atoms with E-state index in [-0.39, 0.29) is 5.78 Å². The molecule has 0 unspecified atom stereocenters. The number of nitrogens with zero attached hydrogens (tertiary/aromatic N) is 2. The summed E-state index contributed by atoms with van der Waals surface area (Å²) in [5, 5.41) is 3.39. The number of anilines is 2. The lowest BCUT2D eigenvalue weighted by molar-refractivity contribution is -0.119. The van der Waals surface area contributed by atoms with Crippen molar-refractivity contribution in [3.63, 3.8) is 0 Å². The van der Waals surface area contributed by atoms with Crippen LogP contribution in [-0.4, -0.2) is 37.5 Å². The van der Waals surface area contributed by atoms with Gasteiger partial charge < -0.3 is 19.7 Å². The molecule has 0 atom stereocenters. The lowest BCUT2D eigenvalue weighted by atomic mass is 9.90. The van der Waals surface area contributed by atoms with Crippen molar-refractivity contribution in [3.8, 4) is 11.8 Å². The predicted octanol–water partition coefficient (Wildman–Crippen LogP) is 5.72. The maximum atomic E-state index is 11.7. The number of nitrogens with one attached hydrogen (secondary N) is 1. The van der Waals surface area contributed by atoms with E-state index in [4.69, 9.17) is 14.5 Å². The molecule has 1 aliphatic heterocycles. The fourth-order valence-corrected chi connectivity index (χ4v) is 4.28. The van der Waals surface area contributed by atoms with Gasteiger partial charge in [-0.05, 0) is 43.5 Å². The van der Waals surface area contributed by atoms with Gasteiger partial charge in [-0.2, -0.15) is 4.98 Å². The minimum absolute atomic E-state index is 0.256. The lowest BCUT2D eigenvalue weighted by Crippen LogP contribution is -2.47. The first-order chi connectivity index (χ1) is 17.0. The minimum Gasteiger partial charge on any atom is -0.477 e. The Morgan fingerprint density at radius 2 is 1.74 bits per heavy atom. The summed E-state index contributed by atoms with van der Waals surface area (Å²) in [6, 6.07) is 20.2. The van der Waals surface area contributed by atoms with Crippen LogP contribution in [0.2, 0.25) is 0 Å². The van der Waals surface area contributed by atoms with Crippen LogP contribution < -0.4 is 19.7 Å². The average Bonchev–Trinajstić information content (AvgIpc) is 2.87. The maximum Gasteiger partial charge on any atom is 0.224 e. The van der Waals surface area contributed by atoms with E-state index < -0.39 is 0 Å². The number of benzene rings is 2. The van der Waals surface area contributed by atoms with E-state index >= 15 is 0 Å². The monoisotopic (exact) mass is 471 g/mol. The zero-order valence-electron chi connectivity index (χ0n) is 20.9. The summed E-state index contributed by atoms with van der Waals surface area (Å²) in [6.07, 6.45) is 0.878. The smallest absolute Gasteiger partial charge is 0.224 e. The van der Waals surface area contributed by atoms with Gasteiger partial charge >= 0.3 is 0 Å². The van der Waals surface area contributed by atoms with Gasteiger partial charge in [0, 0.05) is 24.2 Å². The van der Waals surface area contributed by atoms with Crippen LogP contribution in [0.1, 0.15) is 43.9 Å². The molecule has 35 heavy (non-hydrogen) atoms. The van der Waals surface area contributed by atoms with Crippen LogP contribution in [0.3, 0.4) is 0 Å². The normalized spacial score (nSPS) is 13.7. The quantitative estimate of drug-likeness (QED) is 0.408. The largest absolute Gasteiger partial charge is 0.477 e. The number of carbonyl (C=O) groups excluding carboxylic acids is 1. The molecule has 182 valence electrons. The average molecular weight is 472 g/mol. The van der Waals surface area contributed by atoms with Crippen molar-refractivity contribution in [2.45, 2.75) is 33.8 Å². The van der Waals surface area contributed by atoms with E-state index in [1.54, 1.807) is 0 Å². The molecule has 0 spiro atoms. The van der Waals surface area contributed by atoms with Crippen molar-refractivity contribution in [2.75, 3.05) is 37.0 Å². The lowest BCUT2D eigenvalue weighted by Gasteiger charge is -2.34. The van der Waals surface area contributed by atoms with Crippen molar-refractivity contribution in [2.24, 2.45) is 0 Å². The van der Waals surface area contributed by atoms with E-state index in [9.17, 15) is 4.79 Å². The second kappa shape index (κ2) is 11.1. The van der Waals surface area contributed by atoms with E-state index in [1.807, 2.05) is 62.5 Å². The van der Waals surface area contributed by atoms with Crippen LogP contribution in [0, 0.1) is 0 Å². The Morgan fingerprint density at radius 3 is 2.40 bits per heavy atom. The highest BCUT2D eigenvalue weighted by Gasteiger charge is 2.28. The van der Waals surface area contributed by atoms with Gasteiger partial charge in [-0.25, -0.2) is 0 Å². The zero-order valence-corrected chi connectivity index (χ0v) is 20.9. The molecule has 1 fully saturated rings. The van der Waals surface area contributed by atoms with Crippen LogP contribution in [0.25, 0.3) is 5.57 Å². The number of ether oxygens (including phenoxy) is 2. The summed E-state index contributed by atoms with van der Waals surface area (Å²) in [5.74, 6) is 1.33. The third kappa shape index (κ3) is 5.32. The van der Waals surface area contributed by atoms with Gasteiger partial charge in [-0.15, -0.1) is 0 Å². The Balaban J connectivity index is 1.75. The highest BCUT2D eigenvalue weighted by Crippen LogP contribution is 2.42. The Morgan fingerprint density at radius 1 is 0.971 bits per heavy atom. The van der Waals surface area contributed by atoms with Gasteiger partial charge in [-0.3, -0.25) is 4.79 Å². The van der Waals surface area contributed by atoms with Crippen molar-refractivity contribution in [3.05, 3.63) is 82.9 Å². The summed E-state index contributed by atoms with van der Waals surface area (Å²) >= 11 is 0. The molecule has 1 aromatic heterocycles. The molecule has 4 rings (SSSR count). The molecule has 1 N–H and O–H groups in total. The highest BCUT2D eigenvalue weighted by molar-refractivity contribution is 6.00. The van der Waals surface area contributed by atoms with Crippen molar-refractivity contribution in [1.29, 1.82) is 0 Å². The molecule has 2 heterocycles. The number of pyridine rings is 1. The van der Waals surface area contributed by atoms with E-state index in [2.05, 4.69) is 36.2 Å². The highest BCUT2D eigenvalue weighted by atomic mass is 16.5. The second-order valence-electron chi connectivity index (χ2n) is 8.56.